The maximum Gasteiger partial charge on any atom is 0.235 e. The van der Waals surface area contributed by atoms with Crippen LogP contribution in [-0.4, -0.2) is 11.7 Å². The smallest absolute Gasteiger partial charge is 0.235 e. The summed E-state index contributed by atoms with van der Waals surface area (Å²) in [5.74, 6) is -0.452. The summed E-state index contributed by atoms with van der Waals surface area (Å²) in [5, 5.41) is 2.91. The van der Waals surface area contributed by atoms with Gasteiger partial charge in [0.05, 0.1) is 5.41 Å². The van der Waals surface area contributed by atoms with Gasteiger partial charge in [0.25, 0.3) is 0 Å². The van der Waals surface area contributed by atoms with Gasteiger partial charge >= 0.3 is 0 Å². The molecule has 1 saturated carbocycles. The third-order valence-corrected chi connectivity index (χ3v) is 4.57. The fourth-order valence-electron chi connectivity index (χ4n) is 3.01. The summed E-state index contributed by atoms with van der Waals surface area (Å²) >= 11 is 0. The highest BCUT2D eigenvalue weighted by Gasteiger charge is 2.45. The predicted molar refractivity (Wildman–Crippen MR) is 87.0 cm³/mol. The third-order valence-electron chi connectivity index (χ3n) is 4.57. The number of halogens is 1. The van der Waals surface area contributed by atoms with Gasteiger partial charge in [-0.3, -0.25) is 9.59 Å². The van der Waals surface area contributed by atoms with Crippen LogP contribution < -0.4 is 5.32 Å². The first-order valence-electron chi connectivity index (χ1n) is 7.70. The zero-order valence-corrected chi connectivity index (χ0v) is 12.9. The Labute approximate surface area is 134 Å². The molecule has 0 aliphatic heterocycles. The Balaban J connectivity index is 1.85. The molecular weight excluding hydrogens is 293 g/mol. The summed E-state index contributed by atoms with van der Waals surface area (Å²) in [7, 11) is 0. The number of nitrogens with one attached hydrogen (secondary N) is 1. The largest absolute Gasteiger partial charge is 0.325 e. The Hall–Kier alpha value is -2.49. The molecule has 1 N–H and O–H groups in total. The number of carbonyl (C=O) groups is 2. The van der Waals surface area contributed by atoms with Crippen LogP contribution in [0.25, 0.3) is 0 Å². The lowest BCUT2D eigenvalue weighted by Gasteiger charge is -2.40. The van der Waals surface area contributed by atoms with E-state index in [1.54, 1.807) is 36.4 Å². The number of ketones is 1. The highest BCUT2D eigenvalue weighted by molar-refractivity contribution is 6.01. The van der Waals surface area contributed by atoms with Crippen LogP contribution in [0.5, 0.6) is 0 Å². The second kappa shape index (κ2) is 5.95. The van der Waals surface area contributed by atoms with Crippen molar-refractivity contribution < 1.29 is 14.0 Å². The summed E-state index contributed by atoms with van der Waals surface area (Å²) in [6.45, 7) is 1.49. The van der Waals surface area contributed by atoms with Gasteiger partial charge in [-0.15, -0.1) is 0 Å². The fourth-order valence-corrected chi connectivity index (χ4v) is 3.01. The lowest BCUT2D eigenvalue weighted by Crippen LogP contribution is -2.46. The molecule has 23 heavy (non-hydrogen) atoms. The van der Waals surface area contributed by atoms with Crippen molar-refractivity contribution in [3.8, 4) is 0 Å². The first kappa shape index (κ1) is 15.4. The number of rotatable bonds is 4. The van der Waals surface area contributed by atoms with Gasteiger partial charge in [-0.05, 0) is 49.6 Å². The van der Waals surface area contributed by atoms with E-state index in [1.807, 2.05) is 0 Å². The average molecular weight is 311 g/mol. The molecule has 0 atom stereocenters. The fraction of sp³-hybridized carbons (Fsp3) is 0.263. The summed E-state index contributed by atoms with van der Waals surface area (Å²) in [5.41, 5.74) is 1.41. The van der Waals surface area contributed by atoms with E-state index in [0.29, 0.717) is 11.3 Å². The monoisotopic (exact) mass is 311 g/mol. The normalized spacial score (nSPS) is 15.6. The highest BCUT2D eigenvalue weighted by Crippen LogP contribution is 2.44. The van der Waals surface area contributed by atoms with Crippen molar-refractivity contribution in [3.63, 3.8) is 0 Å². The van der Waals surface area contributed by atoms with Gasteiger partial charge in [-0.2, -0.15) is 0 Å². The van der Waals surface area contributed by atoms with Gasteiger partial charge in [0.1, 0.15) is 5.82 Å². The van der Waals surface area contributed by atoms with E-state index in [-0.39, 0.29) is 17.5 Å². The summed E-state index contributed by atoms with van der Waals surface area (Å²) in [4.78, 5) is 24.2. The number of anilines is 1. The van der Waals surface area contributed by atoms with Crippen molar-refractivity contribution in [1.29, 1.82) is 0 Å². The quantitative estimate of drug-likeness (QED) is 0.865. The average Bonchev–Trinajstić information content (AvgIpc) is 2.48. The van der Waals surface area contributed by atoms with E-state index in [4.69, 9.17) is 0 Å². The second-order valence-electron chi connectivity index (χ2n) is 6.03. The molecule has 3 nitrogen and oxygen atoms in total. The van der Waals surface area contributed by atoms with Gasteiger partial charge in [0, 0.05) is 11.3 Å². The van der Waals surface area contributed by atoms with Crippen LogP contribution in [0.3, 0.4) is 0 Å². The minimum Gasteiger partial charge on any atom is -0.325 e. The summed E-state index contributed by atoms with van der Waals surface area (Å²) < 4.78 is 13.1. The summed E-state index contributed by atoms with van der Waals surface area (Å²) in [6, 6.07) is 13.0. The van der Waals surface area contributed by atoms with Crippen LogP contribution in [0.2, 0.25) is 0 Å². The number of Topliss-reactive ketones (excluding diaryl/α,β-unsaturated/α-hetero) is 1. The van der Waals surface area contributed by atoms with E-state index < -0.39 is 5.41 Å². The third kappa shape index (κ3) is 2.89. The molecule has 0 unspecified atom stereocenters. The molecule has 0 spiro atoms. The van der Waals surface area contributed by atoms with E-state index in [9.17, 15) is 14.0 Å². The molecule has 1 aliphatic rings. The van der Waals surface area contributed by atoms with Crippen LogP contribution >= 0.6 is 0 Å². The molecule has 0 aromatic heterocycles. The Kier molecular flexibility index (Phi) is 3.99. The minimum atomic E-state index is -0.597. The van der Waals surface area contributed by atoms with E-state index in [0.717, 1.165) is 24.8 Å². The van der Waals surface area contributed by atoms with Crippen LogP contribution in [-0.2, 0) is 10.2 Å². The number of hydrogen-bond donors (Lipinski definition) is 1. The van der Waals surface area contributed by atoms with Crippen molar-refractivity contribution in [2.24, 2.45) is 0 Å². The molecular formula is C19H18FNO2. The molecule has 1 fully saturated rings. The minimum absolute atomic E-state index is 0.0435. The predicted octanol–water partition coefficient (Wildman–Crippen LogP) is 4.09. The molecule has 118 valence electrons. The van der Waals surface area contributed by atoms with Crippen molar-refractivity contribution in [1.82, 2.24) is 0 Å². The standard InChI is InChI=1S/C19H18FNO2/c1-13(22)14-4-2-5-17(12-14)21-18(23)19(10-3-11-19)15-6-8-16(20)9-7-15/h2,4-9,12H,3,10-11H2,1H3,(H,21,23). The Morgan fingerprint density at radius 3 is 2.35 bits per heavy atom. The second-order valence-corrected chi connectivity index (χ2v) is 6.03. The van der Waals surface area contributed by atoms with Crippen LogP contribution in [0.15, 0.2) is 48.5 Å². The zero-order valence-electron chi connectivity index (χ0n) is 12.9. The van der Waals surface area contributed by atoms with E-state index in [1.165, 1.54) is 19.1 Å². The number of amides is 1. The van der Waals surface area contributed by atoms with Gasteiger partial charge in [-0.1, -0.05) is 30.7 Å². The Bertz CT molecular complexity index is 748. The number of hydrogen-bond acceptors (Lipinski definition) is 2. The van der Waals surface area contributed by atoms with E-state index >= 15 is 0 Å². The van der Waals surface area contributed by atoms with Crippen LogP contribution in [0.1, 0.15) is 42.1 Å². The van der Waals surface area contributed by atoms with Gasteiger partial charge in [0.2, 0.25) is 5.91 Å². The van der Waals surface area contributed by atoms with E-state index in [2.05, 4.69) is 5.32 Å². The Morgan fingerprint density at radius 1 is 1.09 bits per heavy atom. The SMILES string of the molecule is CC(=O)c1cccc(NC(=O)C2(c3ccc(F)cc3)CCC2)c1. The molecule has 0 radical (unpaired) electrons. The maximum atomic E-state index is 13.1. The summed E-state index contributed by atoms with van der Waals surface area (Å²) in [6.07, 6.45) is 2.46. The van der Waals surface area contributed by atoms with Crippen LogP contribution in [0.4, 0.5) is 10.1 Å². The van der Waals surface area contributed by atoms with Crippen molar-refractivity contribution in [2.45, 2.75) is 31.6 Å². The lowest BCUT2D eigenvalue weighted by atomic mass is 9.64. The molecule has 1 amide bonds. The lowest BCUT2D eigenvalue weighted by molar-refractivity contribution is -0.124. The number of carbonyl (C=O) groups excluding carboxylic acids is 2. The maximum absolute atomic E-state index is 13.1. The molecule has 0 saturated heterocycles. The molecule has 3 rings (SSSR count). The molecule has 4 heteroatoms. The number of benzene rings is 2. The molecule has 1 aliphatic carbocycles. The Morgan fingerprint density at radius 2 is 1.78 bits per heavy atom. The molecule has 2 aromatic carbocycles. The van der Waals surface area contributed by atoms with Crippen LogP contribution in [0, 0.1) is 5.82 Å². The first-order valence-corrected chi connectivity index (χ1v) is 7.70. The van der Waals surface area contributed by atoms with Gasteiger partial charge in [0.15, 0.2) is 5.78 Å². The highest BCUT2D eigenvalue weighted by atomic mass is 19.1. The topological polar surface area (TPSA) is 46.2 Å². The molecule has 2 aromatic rings. The van der Waals surface area contributed by atoms with Crippen molar-refractivity contribution in [3.05, 3.63) is 65.5 Å². The van der Waals surface area contributed by atoms with Gasteiger partial charge in [-0.25, -0.2) is 4.39 Å². The molecule has 0 bridgehead atoms. The van der Waals surface area contributed by atoms with Gasteiger partial charge < -0.3 is 5.32 Å². The van der Waals surface area contributed by atoms with Crippen molar-refractivity contribution in [2.75, 3.05) is 5.32 Å². The van der Waals surface area contributed by atoms with Crippen molar-refractivity contribution >= 4 is 17.4 Å². The first-order chi connectivity index (χ1) is 11.0. The molecule has 0 heterocycles. The zero-order chi connectivity index (χ0) is 16.4.